The van der Waals surface area contributed by atoms with Gasteiger partial charge in [-0.2, -0.15) is 0 Å². The van der Waals surface area contributed by atoms with Crippen molar-refractivity contribution in [2.75, 3.05) is 25.0 Å². The maximum atomic E-state index is 13.3. The summed E-state index contributed by atoms with van der Waals surface area (Å²) >= 11 is 0. The number of fused-ring (bicyclic) bond motifs is 4. The molecule has 0 spiro atoms. The standard InChI is InChI=1S/C30H48N4O4Si/c1-9-22(2)18-23-19-33(29(36)38-30(3,4)5)15-14-27(35)31-25-13-11-10-12-24(25)26-20-34(28(23)32-26)21-37-16-17-39(6,7)8/h10-13,20,22-23H,9,14-19,21H2,1-8H3,(H,31,35)/t22?,23-/m0/s1. The van der Waals surface area contributed by atoms with Crippen LogP contribution in [0.4, 0.5) is 10.5 Å². The minimum atomic E-state index is -1.22. The first-order chi connectivity index (χ1) is 18.3. The van der Waals surface area contributed by atoms with Gasteiger partial charge in [-0.1, -0.05) is 58.1 Å². The largest absolute Gasteiger partial charge is 0.444 e. The molecule has 39 heavy (non-hydrogen) atoms. The average molecular weight is 557 g/mol. The topological polar surface area (TPSA) is 85.7 Å². The van der Waals surface area contributed by atoms with Crippen LogP contribution in [-0.2, 0) is 21.0 Å². The number of nitrogens with zero attached hydrogens (tertiary/aromatic N) is 3. The molecule has 2 bridgehead atoms. The van der Waals surface area contributed by atoms with Crippen molar-refractivity contribution in [3.63, 3.8) is 0 Å². The molecule has 1 aliphatic heterocycles. The zero-order valence-corrected chi connectivity index (χ0v) is 26.2. The van der Waals surface area contributed by atoms with Crippen LogP contribution >= 0.6 is 0 Å². The van der Waals surface area contributed by atoms with Crippen molar-refractivity contribution in [1.82, 2.24) is 14.5 Å². The zero-order valence-electron chi connectivity index (χ0n) is 25.2. The minimum Gasteiger partial charge on any atom is -0.444 e. The number of anilines is 1. The highest BCUT2D eigenvalue weighted by Crippen LogP contribution is 2.33. The van der Waals surface area contributed by atoms with Gasteiger partial charge in [0.15, 0.2) is 0 Å². The normalized spacial score (nSPS) is 17.5. The molecule has 2 heterocycles. The van der Waals surface area contributed by atoms with Crippen molar-refractivity contribution in [2.45, 2.75) is 97.8 Å². The Kier molecular flexibility index (Phi) is 10.4. The summed E-state index contributed by atoms with van der Waals surface area (Å²) in [4.78, 5) is 33.1. The van der Waals surface area contributed by atoms with Crippen molar-refractivity contribution in [3.05, 3.63) is 36.3 Å². The lowest BCUT2D eigenvalue weighted by Gasteiger charge is -2.31. The molecule has 1 N–H and O–H groups in total. The number of amides is 2. The summed E-state index contributed by atoms with van der Waals surface area (Å²) in [5.41, 5.74) is 1.73. The van der Waals surface area contributed by atoms with Crippen LogP contribution < -0.4 is 5.32 Å². The molecule has 0 aliphatic carbocycles. The number of carbonyl (C=O) groups is 2. The Hall–Kier alpha value is -2.65. The summed E-state index contributed by atoms with van der Waals surface area (Å²) in [5, 5.41) is 3.03. The van der Waals surface area contributed by atoms with Gasteiger partial charge in [-0.3, -0.25) is 4.79 Å². The zero-order chi connectivity index (χ0) is 28.8. The molecule has 0 radical (unpaired) electrons. The monoisotopic (exact) mass is 556 g/mol. The first-order valence-electron chi connectivity index (χ1n) is 14.3. The molecule has 1 aliphatic rings. The van der Waals surface area contributed by atoms with Gasteiger partial charge in [0.1, 0.15) is 18.2 Å². The maximum absolute atomic E-state index is 13.3. The lowest BCUT2D eigenvalue weighted by atomic mass is 9.92. The highest BCUT2D eigenvalue weighted by molar-refractivity contribution is 6.76. The highest BCUT2D eigenvalue weighted by atomic mass is 28.3. The van der Waals surface area contributed by atoms with Crippen molar-refractivity contribution >= 4 is 25.8 Å². The molecule has 8 nitrogen and oxygen atoms in total. The number of carbonyl (C=O) groups excluding carboxylic acids is 2. The smallest absolute Gasteiger partial charge is 0.410 e. The Morgan fingerprint density at radius 3 is 2.62 bits per heavy atom. The first-order valence-corrected chi connectivity index (χ1v) is 18.0. The number of benzene rings is 1. The van der Waals surface area contributed by atoms with Gasteiger partial charge in [0.25, 0.3) is 0 Å². The highest BCUT2D eigenvalue weighted by Gasteiger charge is 2.30. The molecule has 2 atom stereocenters. The van der Waals surface area contributed by atoms with E-state index in [0.29, 0.717) is 31.5 Å². The molecule has 216 valence electrons. The Labute approximate surface area is 235 Å². The SMILES string of the molecule is CCC(C)C[C@H]1CN(C(=O)OC(C)(C)C)CCC(=O)Nc2ccccc2-c2cn(COCC[Si](C)(C)C)c1n2. The van der Waals surface area contributed by atoms with E-state index in [1.807, 2.05) is 51.2 Å². The van der Waals surface area contributed by atoms with Crippen molar-refractivity contribution in [2.24, 2.45) is 5.92 Å². The number of imidazole rings is 1. The molecule has 0 fully saturated rings. The molecule has 1 aromatic carbocycles. The van der Waals surface area contributed by atoms with Gasteiger partial charge in [0.2, 0.25) is 5.91 Å². The third-order valence-corrected chi connectivity index (χ3v) is 8.67. The number of rotatable bonds is 8. The van der Waals surface area contributed by atoms with Crippen LogP contribution in [-0.4, -0.2) is 59.8 Å². The summed E-state index contributed by atoms with van der Waals surface area (Å²) in [6.07, 6.45) is 3.67. The molecular formula is C30H48N4O4Si. The van der Waals surface area contributed by atoms with Crippen molar-refractivity contribution in [1.29, 1.82) is 0 Å². The fourth-order valence-electron chi connectivity index (χ4n) is 4.56. The van der Waals surface area contributed by atoms with E-state index in [1.165, 1.54) is 0 Å². The van der Waals surface area contributed by atoms with Gasteiger partial charge < -0.3 is 24.3 Å². The predicted molar refractivity (Wildman–Crippen MR) is 160 cm³/mol. The molecule has 2 aromatic rings. The van der Waals surface area contributed by atoms with Crippen LogP contribution in [0.1, 0.15) is 65.6 Å². The number of hydrogen-bond acceptors (Lipinski definition) is 5. The minimum absolute atomic E-state index is 0.0449. The molecular weight excluding hydrogens is 508 g/mol. The van der Waals surface area contributed by atoms with Gasteiger partial charge in [-0.15, -0.1) is 0 Å². The second kappa shape index (κ2) is 13.1. The molecule has 0 saturated carbocycles. The van der Waals surface area contributed by atoms with E-state index in [-0.39, 0.29) is 24.8 Å². The van der Waals surface area contributed by atoms with E-state index in [1.54, 1.807) is 4.90 Å². The second-order valence-electron chi connectivity index (χ2n) is 13.0. The fraction of sp³-hybridized carbons (Fsp3) is 0.633. The van der Waals surface area contributed by atoms with Gasteiger partial charge >= 0.3 is 6.09 Å². The van der Waals surface area contributed by atoms with Crippen LogP contribution in [0.5, 0.6) is 0 Å². The fourth-order valence-corrected chi connectivity index (χ4v) is 5.32. The third kappa shape index (κ3) is 9.49. The lowest BCUT2D eigenvalue weighted by Crippen LogP contribution is -2.41. The number of para-hydroxylation sites is 1. The van der Waals surface area contributed by atoms with E-state index in [4.69, 9.17) is 14.5 Å². The number of ether oxygens (including phenoxy) is 2. The van der Waals surface area contributed by atoms with Crippen molar-refractivity contribution in [3.8, 4) is 11.3 Å². The summed E-state index contributed by atoms with van der Waals surface area (Å²) in [6, 6.07) is 8.83. The average Bonchev–Trinajstić information content (AvgIpc) is 3.25. The molecule has 9 heteroatoms. The van der Waals surface area contributed by atoms with E-state index in [9.17, 15) is 9.59 Å². The summed E-state index contributed by atoms with van der Waals surface area (Å²) in [7, 11) is -1.22. The van der Waals surface area contributed by atoms with E-state index >= 15 is 0 Å². The quantitative estimate of drug-likeness (QED) is 0.281. The number of aromatic nitrogens is 2. The van der Waals surface area contributed by atoms with Gasteiger partial charge in [-0.05, 0) is 45.2 Å². The molecule has 2 amide bonds. The van der Waals surface area contributed by atoms with Crippen LogP contribution in [0.15, 0.2) is 30.5 Å². The van der Waals surface area contributed by atoms with Crippen LogP contribution in [0.25, 0.3) is 11.3 Å². The summed E-state index contributed by atoms with van der Waals surface area (Å²) in [6.45, 7) is 18.8. The van der Waals surface area contributed by atoms with E-state index < -0.39 is 19.8 Å². The summed E-state index contributed by atoms with van der Waals surface area (Å²) < 4.78 is 14.0. The van der Waals surface area contributed by atoms with Crippen LogP contribution in [0, 0.1) is 5.92 Å². The van der Waals surface area contributed by atoms with Crippen LogP contribution in [0.2, 0.25) is 25.7 Å². The first kappa shape index (κ1) is 30.9. The van der Waals surface area contributed by atoms with E-state index in [0.717, 1.165) is 36.0 Å². The maximum Gasteiger partial charge on any atom is 0.410 e. The van der Waals surface area contributed by atoms with E-state index in [2.05, 4.69) is 43.4 Å². The Morgan fingerprint density at radius 2 is 1.95 bits per heavy atom. The number of hydrogen-bond donors (Lipinski definition) is 1. The molecule has 1 unspecified atom stereocenters. The number of nitrogens with one attached hydrogen (secondary N) is 1. The predicted octanol–water partition coefficient (Wildman–Crippen LogP) is 6.96. The van der Waals surface area contributed by atoms with Gasteiger partial charge in [0, 0.05) is 51.9 Å². The molecule has 0 saturated heterocycles. The van der Waals surface area contributed by atoms with Crippen molar-refractivity contribution < 1.29 is 19.1 Å². The van der Waals surface area contributed by atoms with Gasteiger partial charge in [0.05, 0.1) is 11.4 Å². The third-order valence-electron chi connectivity index (χ3n) is 6.96. The van der Waals surface area contributed by atoms with Crippen LogP contribution in [0.3, 0.4) is 0 Å². The Bertz CT molecular complexity index is 1120. The molecule has 3 rings (SSSR count). The summed E-state index contributed by atoms with van der Waals surface area (Å²) in [5.74, 6) is 1.13. The lowest BCUT2D eigenvalue weighted by molar-refractivity contribution is -0.116. The van der Waals surface area contributed by atoms with Gasteiger partial charge in [-0.25, -0.2) is 9.78 Å². The Balaban J connectivity index is 2.06. The second-order valence-corrected chi connectivity index (χ2v) is 18.6. The molecule has 1 aromatic heterocycles. The Morgan fingerprint density at radius 1 is 1.23 bits per heavy atom.